The standard InChI is InChI=1S/C26H19N3O7/c1-35-19-11-9-15(29(33)34)13-18(19)28-25(31)21-17-10-8-14-5-2-3-6-16(14)27(17)23(22(21)26(28)32)24(30)20-7-4-12-36-20/h2-13,17,21-23H,1H3/t17-,21-,22-,23+/m0/s1. The molecule has 10 heteroatoms. The number of hydrogen-bond acceptors (Lipinski definition) is 8. The molecule has 0 saturated carbocycles. The quantitative estimate of drug-likeness (QED) is 0.233. The van der Waals surface area contributed by atoms with Gasteiger partial charge in [0.1, 0.15) is 17.5 Å². The van der Waals surface area contributed by atoms with E-state index in [1.165, 1.54) is 31.6 Å². The average Bonchev–Trinajstić information content (AvgIpc) is 3.60. The number of nitro benzene ring substituents is 1. The van der Waals surface area contributed by atoms with Crippen molar-refractivity contribution in [3.8, 4) is 5.75 Å². The number of hydrogen-bond donors (Lipinski definition) is 0. The number of amides is 2. The molecule has 0 radical (unpaired) electrons. The predicted molar refractivity (Wildman–Crippen MR) is 128 cm³/mol. The Labute approximate surface area is 204 Å². The smallest absolute Gasteiger partial charge is 0.271 e. The molecule has 2 aromatic carbocycles. The van der Waals surface area contributed by atoms with Crippen LogP contribution in [-0.4, -0.2) is 41.7 Å². The number of Topliss-reactive ketones (excluding diaryl/α,β-unsaturated/α-hetero) is 1. The first kappa shape index (κ1) is 21.8. The fraction of sp³-hybridized carbons (Fsp3) is 0.192. The van der Waals surface area contributed by atoms with Gasteiger partial charge in [0.25, 0.3) is 5.69 Å². The van der Waals surface area contributed by atoms with Gasteiger partial charge >= 0.3 is 0 Å². The molecule has 2 saturated heterocycles. The van der Waals surface area contributed by atoms with Gasteiger partial charge in [0.2, 0.25) is 17.6 Å². The number of anilines is 2. The predicted octanol–water partition coefficient (Wildman–Crippen LogP) is 3.47. The topological polar surface area (TPSA) is 123 Å². The summed E-state index contributed by atoms with van der Waals surface area (Å²) >= 11 is 0. The van der Waals surface area contributed by atoms with E-state index in [-0.39, 0.29) is 22.9 Å². The number of furan rings is 1. The van der Waals surface area contributed by atoms with Crippen molar-refractivity contribution in [3.05, 3.63) is 88.4 Å². The minimum absolute atomic E-state index is 0.0213. The minimum Gasteiger partial charge on any atom is -0.495 e. The molecular weight excluding hydrogens is 466 g/mol. The molecule has 0 bridgehead atoms. The second kappa shape index (κ2) is 7.91. The van der Waals surface area contributed by atoms with E-state index in [0.717, 1.165) is 22.2 Å². The Morgan fingerprint density at radius 3 is 2.53 bits per heavy atom. The number of para-hydroxylation sites is 1. The van der Waals surface area contributed by atoms with E-state index in [9.17, 15) is 24.5 Å². The molecular formula is C26H19N3O7. The van der Waals surface area contributed by atoms with Crippen LogP contribution in [0, 0.1) is 22.0 Å². The first-order chi connectivity index (χ1) is 17.4. The highest BCUT2D eigenvalue weighted by Crippen LogP contribution is 2.51. The summed E-state index contributed by atoms with van der Waals surface area (Å²) < 4.78 is 10.7. The zero-order valence-electron chi connectivity index (χ0n) is 18.9. The van der Waals surface area contributed by atoms with Crippen LogP contribution in [0.5, 0.6) is 5.75 Å². The maximum Gasteiger partial charge on any atom is 0.271 e. The fourth-order valence-electron chi connectivity index (χ4n) is 5.58. The number of methoxy groups -OCH3 is 1. The SMILES string of the molecule is COc1ccc([N+](=O)[O-])cc1N1C(=O)[C@@H]2[C@H](C1=O)[C@H](C(=O)c1ccco1)N1c3ccccc3C=C[C@@H]21. The van der Waals surface area contributed by atoms with Gasteiger partial charge in [0.15, 0.2) is 5.76 Å². The third-order valence-electron chi connectivity index (χ3n) is 7.06. The zero-order valence-corrected chi connectivity index (χ0v) is 18.9. The van der Waals surface area contributed by atoms with Crippen LogP contribution < -0.4 is 14.5 Å². The van der Waals surface area contributed by atoms with Gasteiger partial charge in [-0.25, -0.2) is 4.90 Å². The first-order valence-corrected chi connectivity index (χ1v) is 11.3. The Bertz CT molecular complexity index is 1460. The monoisotopic (exact) mass is 485 g/mol. The number of ketones is 1. The van der Waals surface area contributed by atoms with Crippen LogP contribution in [0.15, 0.2) is 71.4 Å². The molecule has 4 heterocycles. The number of carbonyl (C=O) groups excluding carboxylic acids is 3. The van der Waals surface area contributed by atoms with Gasteiger partial charge < -0.3 is 14.1 Å². The van der Waals surface area contributed by atoms with Crippen molar-refractivity contribution in [1.82, 2.24) is 0 Å². The summed E-state index contributed by atoms with van der Waals surface area (Å²) in [5, 5.41) is 11.4. The highest BCUT2D eigenvalue weighted by atomic mass is 16.6. The number of nitro groups is 1. The number of nitrogens with zero attached hydrogens (tertiary/aromatic N) is 3. The summed E-state index contributed by atoms with van der Waals surface area (Å²) in [6.45, 7) is 0. The summed E-state index contributed by atoms with van der Waals surface area (Å²) in [4.78, 5) is 55.1. The van der Waals surface area contributed by atoms with Crippen LogP contribution in [0.2, 0.25) is 0 Å². The van der Waals surface area contributed by atoms with Crippen LogP contribution in [0.3, 0.4) is 0 Å². The van der Waals surface area contributed by atoms with E-state index < -0.39 is 46.4 Å². The van der Waals surface area contributed by atoms with Crippen molar-refractivity contribution in [1.29, 1.82) is 0 Å². The number of carbonyl (C=O) groups is 3. The van der Waals surface area contributed by atoms with E-state index in [4.69, 9.17) is 9.15 Å². The van der Waals surface area contributed by atoms with Crippen molar-refractivity contribution >= 4 is 40.7 Å². The van der Waals surface area contributed by atoms with E-state index in [1.807, 2.05) is 41.3 Å². The van der Waals surface area contributed by atoms with Crippen molar-refractivity contribution in [2.75, 3.05) is 16.9 Å². The summed E-state index contributed by atoms with van der Waals surface area (Å²) in [5.41, 5.74) is 1.29. The number of benzene rings is 2. The summed E-state index contributed by atoms with van der Waals surface area (Å²) in [7, 11) is 1.35. The Hall–Kier alpha value is -4.73. The molecule has 2 fully saturated rings. The second-order valence-corrected chi connectivity index (χ2v) is 8.78. The molecule has 0 aliphatic carbocycles. The van der Waals surface area contributed by atoms with Gasteiger partial charge in [-0.05, 0) is 29.8 Å². The highest BCUT2D eigenvalue weighted by Gasteiger charge is 2.65. The average molecular weight is 485 g/mol. The maximum atomic E-state index is 13.9. The lowest BCUT2D eigenvalue weighted by atomic mass is 9.87. The Morgan fingerprint density at radius 2 is 1.81 bits per heavy atom. The fourth-order valence-corrected chi connectivity index (χ4v) is 5.58. The molecule has 2 amide bonds. The summed E-state index contributed by atoms with van der Waals surface area (Å²) in [5.74, 6) is -3.27. The van der Waals surface area contributed by atoms with Gasteiger partial charge in [-0.1, -0.05) is 30.4 Å². The van der Waals surface area contributed by atoms with E-state index in [2.05, 4.69) is 0 Å². The van der Waals surface area contributed by atoms with E-state index in [0.29, 0.717) is 0 Å². The Morgan fingerprint density at radius 1 is 1.03 bits per heavy atom. The number of non-ortho nitro benzene ring substituents is 1. The molecule has 6 rings (SSSR count). The largest absolute Gasteiger partial charge is 0.495 e. The first-order valence-electron chi connectivity index (χ1n) is 11.3. The number of ether oxygens (including phenoxy) is 1. The molecule has 3 aliphatic heterocycles. The van der Waals surface area contributed by atoms with Crippen molar-refractivity contribution in [2.24, 2.45) is 11.8 Å². The highest BCUT2D eigenvalue weighted by molar-refractivity contribution is 6.26. The van der Waals surface area contributed by atoms with Crippen LogP contribution >= 0.6 is 0 Å². The lowest BCUT2D eigenvalue weighted by Gasteiger charge is -2.36. The molecule has 3 aromatic rings. The maximum absolute atomic E-state index is 13.9. The van der Waals surface area contributed by atoms with E-state index >= 15 is 0 Å². The van der Waals surface area contributed by atoms with Crippen molar-refractivity contribution in [2.45, 2.75) is 12.1 Å². The summed E-state index contributed by atoms with van der Waals surface area (Å²) in [6.07, 6.45) is 5.08. The minimum atomic E-state index is -1.03. The lowest BCUT2D eigenvalue weighted by Crippen LogP contribution is -2.48. The van der Waals surface area contributed by atoms with Gasteiger partial charge in [-0.2, -0.15) is 0 Å². The van der Waals surface area contributed by atoms with Crippen molar-refractivity contribution < 1.29 is 28.5 Å². The lowest BCUT2D eigenvalue weighted by molar-refractivity contribution is -0.384. The number of imide groups is 1. The van der Waals surface area contributed by atoms with Gasteiger partial charge in [-0.15, -0.1) is 0 Å². The normalized spacial score (nSPS) is 23.9. The molecule has 0 unspecified atom stereocenters. The van der Waals surface area contributed by atoms with Crippen LogP contribution in [-0.2, 0) is 9.59 Å². The number of fused-ring (bicyclic) bond motifs is 5. The molecule has 0 N–H and O–H groups in total. The molecule has 4 atom stereocenters. The zero-order chi connectivity index (χ0) is 25.1. The molecule has 1 aromatic heterocycles. The third kappa shape index (κ3) is 2.94. The van der Waals surface area contributed by atoms with Gasteiger partial charge in [-0.3, -0.25) is 24.5 Å². The Balaban J connectivity index is 1.51. The van der Waals surface area contributed by atoms with Gasteiger partial charge in [0, 0.05) is 17.8 Å². The van der Waals surface area contributed by atoms with Crippen LogP contribution in [0.4, 0.5) is 17.1 Å². The molecule has 180 valence electrons. The second-order valence-electron chi connectivity index (χ2n) is 8.78. The third-order valence-corrected chi connectivity index (χ3v) is 7.06. The molecule has 10 nitrogen and oxygen atoms in total. The van der Waals surface area contributed by atoms with Crippen molar-refractivity contribution in [3.63, 3.8) is 0 Å². The molecule has 0 spiro atoms. The van der Waals surface area contributed by atoms with Gasteiger partial charge in [0.05, 0.1) is 36.2 Å². The van der Waals surface area contributed by atoms with E-state index in [1.54, 1.807) is 6.07 Å². The number of rotatable bonds is 5. The van der Waals surface area contributed by atoms with Crippen LogP contribution in [0.1, 0.15) is 16.1 Å². The molecule has 36 heavy (non-hydrogen) atoms. The summed E-state index contributed by atoms with van der Waals surface area (Å²) in [6, 6.07) is 12.7. The van der Waals surface area contributed by atoms with Crippen LogP contribution in [0.25, 0.3) is 6.08 Å². The Kier molecular flexibility index (Phi) is 4.78. The molecule has 3 aliphatic rings.